The molecule has 0 fully saturated rings. The number of aromatic hydroxyl groups is 3. The van der Waals surface area contributed by atoms with Crippen molar-refractivity contribution in [3.8, 4) is 17.2 Å². The minimum absolute atomic E-state index is 0.0205. The summed E-state index contributed by atoms with van der Waals surface area (Å²) in [6.07, 6.45) is 0. The van der Waals surface area contributed by atoms with Crippen molar-refractivity contribution in [2.45, 2.75) is 19.8 Å². The molecule has 0 bridgehead atoms. The largest absolute Gasteiger partial charge is 0.508 e. The molecule has 0 aliphatic carbocycles. The van der Waals surface area contributed by atoms with Gasteiger partial charge in [0.1, 0.15) is 28.8 Å². The number of phenolic OH excluding ortho intramolecular Hbond substituents is 1. The van der Waals surface area contributed by atoms with Gasteiger partial charge in [0.05, 0.1) is 17.0 Å². The molecule has 2 aromatic heterocycles. The highest BCUT2D eigenvalue weighted by atomic mass is 16.4. The Kier molecular flexibility index (Phi) is 4.29. The molecular formula is C19H16O7. The van der Waals surface area contributed by atoms with E-state index in [0.717, 1.165) is 0 Å². The van der Waals surface area contributed by atoms with Crippen molar-refractivity contribution in [3.05, 3.63) is 85.4 Å². The molecule has 1 aromatic carbocycles. The monoisotopic (exact) mass is 356 g/mol. The van der Waals surface area contributed by atoms with Gasteiger partial charge in [-0.2, -0.15) is 0 Å². The molecule has 2 heterocycles. The van der Waals surface area contributed by atoms with E-state index < -0.39 is 17.2 Å². The number of hydrogen-bond acceptors (Lipinski definition) is 7. The van der Waals surface area contributed by atoms with Gasteiger partial charge in [-0.15, -0.1) is 0 Å². The maximum absolute atomic E-state index is 12.4. The third-order valence-corrected chi connectivity index (χ3v) is 3.98. The van der Waals surface area contributed by atoms with E-state index in [0.29, 0.717) is 5.56 Å². The summed E-state index contributed by atoms with van der Waals surface area (Å²) in [6.45, 7) is 3.00. The molecule has 0 spiro atoms. The van der Waals surface area contributed by atoms with Crippen molar-refractivity contribution in [1.29, 1.82) is 0 Å². The van der Waals surface area contributed by atoms with Crippen LogP contribution in [0.2, 0.25) is 0 Å². The van der Waals surface area contributed by atoms with Crippen LogP contribution in [0.1, 0.15) is 34.1 Å². The van der Waals surface area contributed by atoms with Gasteiger partial charge in [-0.25, -0.2) is 9.59 Å². The van der Waals surface area contributed by atoms with Gasteiger partial charge in [-0.1, -0.05) is 12.1 Å². The van der Waals surface area contributed by atoms with Gasteiger partial charge in [-0.3, -0.25) is 0 Å². The molecule has 7 nitrogen and oxygen atoms in total. The lowest BCUT2D eigenvalue weighted by Gasteiger charge is -2.18. The molecule has 0 unspecified atom stereocenters. The summed E-state index contributed by atoms with van der Waals surface area (Å²) in [5, 5.41) is 30.2. The van der Waals surface area contributed by atoms with Gasteiger partial charge in [-0.05, 0) is 31.5 Å². The summed E-state index contributed by atoms with van der Waals surface area (Å²) < 4.78 is 10.1. The van der Waals surface area contributed by atoms with Crippen LogP contribution in [0.4, 0.5) is 0 Å². The van der Waals surface area contributed by atoms with E-state index in [2.05, 4.69) is 0 Å². The van der Waals surface area contributed by atoms with Crippen molar-refractivity contribution in [1.82, 2.24) is 0 Å². The number of phenols is 1. The fourth-order valence-corrected chi connectivity index (χ4v) is 2.89. The Bertz CT molecular complexity index is 1010. The number of benzene rings is 1. The van der Waals surface area contributed by atoms with Crippen LogP contribution in [-0.2, 0) is 0 Å². The van der Waals surface area contributed by atoms with E-state index in [1.54, 1.807) is 0 Å². The Morgan fingerprint density at radius 3 is 1.58 bits per heavy atom. The molecule has 0 saturated carbocycles. The van der Waals surface area contributed by atoms with Crippen LogP contribution in [0.5, 0.6) is 17.2 Å². The van der Waals surface area contributed by atoms with Gasteiger partial charge in [0.2, 0.25) is 0 Å². The summed E-state index contributed by atoms with van der Waals surface area (Å²) in [6, 6.07) is 8.16. The van der Waals surface area contributed by atoms with Crippen LogP contribution >= 0.6 is 0 Å². The van der Waals surface area contributed by atoms with Crippen LogP contribution in [0, 0.1) is 13.8 Å². The van der Waals surface area contributed by atoms with Crippen LogP contribution in [0.25, 0.3) is 0 Å². The molecule has 0 atom stereocenters. The predicted molar refractivity (Wildman–Crippen MR) is 91.8 cm³/mol. The topological polar surface area (TPSA) is 121 Å². The molecule has 7 heteroatoms. The second-order valence-electron chi connectivity index (χ2n) is 5.91. The zero-order valence-corrected chi connectivity index (χ0v) is 14.0. The Labute approximate surface area is 147 Å². The zero-order valence-electron chi connectivity index (χ0n) is 14.0. The normalized spacial score (nSPS) is 11.0. The highest BCUT2D eigenvalue weighted by Gasteiger charge is 2.30. The lowest BCUT2D eigenvalue weighted by atomic mass is 9.85. The van der Waals surface area contributed by atoms with Crippen molar-refractivity contribution < 1.29 is 24.2 Å². The Balaban J connectivity index is 2.38. The first-order chi connectivity index (χ1) is 12.3. The molecular weight excluding hydrogens is 340 g/mol. The summed E-state index contributed by atoms with van der Waals surface area (Å²) in [5.74, 6) is -1.54. The Morgan fingerprint density at radius 1 is 0.769 bits per heavy atom. The van der Waals surface area contributed by atoms with Crippen LogP contribution < -0.4 is 11.3 Å². The number of rotatable bonds is 3. The maximum atomic E-state index is 12.4. The molecule has 0 radical (unpaired) electrons. The molecule has 134 valence electrons. The summed E-state index contributed by atoms with van der Waals surface area (Å²) >= 11 is 0. The van der Waals surface area contributed by atoms with Crippen molar-refractivity contribution in [2.24, 2.45) is 0 Å². The second kappa shape index (κ2) is 6.44. The zero-order chi connectivity index (χ0) is 19.0. The highest BCUT2D eigenvalue weighted by Crippen LogP contribution is 2.37. The molecule has 3 N–H and O–H groups in total. The molecule has 0 saturated heterocycles. The molecule has 26 heavy (non-hydrogen) atoms. The van der Waals surface area contributed by atoms with Crippen molar-refractivity contribution in [3.63, 3.8) is 0 Å². The molecule has 3 aromatic rings. The molecule has 3 rings (SSSR count). The van der Waals surface area contributed by atoms with Crippen molar-refractivity contribution in [2.75, 3.05) is 0 Å². The number of aryl methyl sites for hydroxylation is 2. The van der Waals surface area contributed by atoms with E-state index in [4.69, 9.17) is 8.83 Å². The SMILES string of the molecule is Cc1cc(O)c(C(c2ccc(O)cc2)c2c(O)cc(C)oc2=O)c(=O)o1. The van der Waals surface area contributed by atoms with Gasteiger partial charge < -0.3 is 24.2 Å². The van der Waals surface area contributed by atoms with Crippen molar-refractivity contribution >= 4 is 0 Å². The first-order valence-electron chi connectivity index (χ1n) is 7.74. The second-order valence-corrected chi connectivity index (χ2v) is 5.91. The van der Waals surface area contributed by atoms with Crippen LogP contribution in [0.3, 0.4) is 0 Å². The first kappa shape index (κ1) is 17.3. The fourth-order valence-electron chi connectivity index (χ4n) is 2.89. The Morgan fingerprint density at radius 2 is 1.19 bits per heavy atom. The van der Waals surface area contributed by atoms with E-state index >= 15 is 0 Å². The van der Waals surface area contributed by atoms with Gasteiger partial charge >= 0.3 is 11.3 Å². The van der Waals surface area contributed by atoms with Crippen LogP contribution in [0.15, 0.2) is 54.8 Å². The number of hydrogen-bond donors (Lipinski definition) is 3. The smallest absolute Gasteiger partial charge is 0.343 e. The molecule has 0 aliphatic heterocycles. The van der Waals surface area contributed by atoms with Gasteiger partial charge in [0.25, 0.3) is 0 Å². The van der Waals surface area contributed by atoms with E-state index in [9.17, 15) is 24.9 Å². The molecule has 0 aliphatic rings. The summed E-state index contributed by atoms with van der Waals surface area (Å²) in [4.78, 5) is 24.8. The van der Waals surface area contributed by atoms with E-state index in [1.165, 1.54) is 50.2 Å². The van der Waals surface area contributed by atoms with E-state index in [1.807, 2.05) is 0 Å². The minimum atomic E-state index is -1.15. The van der Waals surface area contributed by atoms with Crippen LogP contribution in [-0.4, -0.2) is 15.3 Å². The lowest BCUT2D eigenvalue weighted by molar-refractivity contribution is 0.407. The van der Waals surface area contributed by atoms with Gasteiger partial charge in [0, 0.05) is 12.1 Å². The third kappa shape index (κ3) is 3.06. The molecule has 0 amide bonds. The standard InChI is InChI=1S/C19H16O7/c1-9-7-13(21)16(18(23)25-9)15(11-3-5-12(20)6-4-11)17-14(22)8-10(2)26-19(17)24/h3-8,15,20-22H,1-2H3. The average molecular weight is 356 g/mol. The minimum Gasteiger partial charge on any atom is -0.508 e. The third-order valence-electron chi connectivity index (χ3n) is 3.98. The fraction of sp³-hybridized carbons (Fsp3) is 0.158. The average Bonchev–Trinajstić information content (AvgIpc) is 2.52. The lowest BCUT2D eigenvalue weighted by Crippen LogP contribution is -2.21. The first-order valence-corrected chi connectivity index (χ1v) is 7.74. The van der Waals surface area contributed by atoms with Gasteiger partial charge in [0.15, 0.2) is 0 Å². The van der Waals surface area contributed by atoms with E-state index in [-0.39, 0.29) is 39.9 Å². The Hall–Kier alpha value is -3.48. The maximum Gasteiger partial charge on any atom is 0.343 e. The highest BCUT2D eigenvalue weighted by molar-refractivity contribution is 5.51. The predicted octanol–water partition coefficient (Wildman–Crippen LogP) is 2.51. The summed E-state index contributed by atoms with van der Waals surface area (Å²) in [7, 11) is 0. The quantitative estimate of drug-likeness (QED) is 0.659. The summed E-state index contributed by atoms with van der Waals surface area (Å²) in [5.41, 5.74) is -1.75.